The third-order valence-electron chi connectivity index (χ3n) is 4.25. The number of carbonyl (C=O) groups is 2. The van der Waals surface area contributed by atoms with Gasteiger partial charge < -0.3 is 15.4 Å². The molecular weight excluding hydrogens is 358 g/mol. The van der Waals surface area contributed by atoms with E-state index in [1.807, 2.05) is 16.7 Å². The summed E-state index contributed by atoms with van der Waals surface area (Å²) in [7, 11) is -1.16. The van der Waals surface area contributed by atoms with Gasteiger partial charge in [0.05, 0.1) is 0 Å². The zero-order valence-corrected chi connectivity index (χ0v) is 18.7. The second-order valence-electron chi connectivity index (χ2n) is 8.18. The molecule has 0 spiro atoms. The van der Waals surface area contributed by atoms with Crippen LogP contribution in [0.25, 0.3) is 0 Å². The molecule has 0 atom stereocenters. The van der Waals surface area contributed by atoms with Crippen molar-refractivity contribution in [2.24, 2.45) is 0 Å². The van der Waals surface area contributed by atoms with Crippen LogP contribution in [-0.4, -0.2) is 31.1 Å². The van der Waals surface area contributed by atoms with Gasteiger partial charge in [-0.15, -0.1) is 0 Å². The lowest BCUT2D eigenvalue weighted by Crippen LogP contribution is -2.23. The van der Waals surface area contributed by atoms with Crippen molar-refractivity contribution >= 4 is 31.5 Å². The third-order valence-corrected chi connectivity index (χ3v) is 5.95. The van der Waals surface area contributed by atoms with Gasteiger partial charge in [-0.1, -0.05) is 46.3 Å². The highest BCUT2D eigenvalue weighted by atomic mass is 28.3. The van der Waals surface area contributed by atoms with Gasteiger partial charge in [0, 0.05) is 27.5 Å². The molecule has 0 saturated heterocycles. The summed E-state index contributed by atoms with van der Waals surface area (Å²) in [6.45, 7) is 12.0. The van der Waals surface area contributed by atoms with E-state index in [4.69, 9.17) is 4.74 Å². The van der Waals surface area contributed by atoms with Crippen molar-refractivity contribution in [3.63, 3.8) is 0 Å². The first-order chi connectivity index (χ1) is 12.8. The zero-order valence-electron chi connectivity index (χ0n) is 17.7. The molecule has 154 valence electrons. The predicted octanol–water partition coefficient (Wildman–Crippen LogP) is 5.06. The summed E-state index contributed by atoms with van der Waals surface area (Å²) >= 11 is 0. The summed E-state index contributed by atoms with van der Waals surface area (Å²) in [5.41, 5.74) is 0. The van der Waals surface area contributed by atoms with E-state index in [2.05, 4.69) is 44.1 Å². The molecule has 0 fully saturated rings. The molecule has 27 heavy (non-hydrogen) atoms. The monoisotopic (exact) mass is 395 g/mol. The molecular formula is C20H37N3O3Si. The Balaban J connectivity index is 2.78. The first-order valence-electron chi connectivity index (χ1n) is 10.1. The summed E-state index contributed by atoms with van der Waals surface area (Å²) in [4.78, 5) is 24.2. The average molecular weight is 396 g/mol. The maximum absolute atomic E-state index is 12.1. The van der Waals surface area contributed by atoms with E-state index in [-0.39, 0.29) is 11.8 Å². The Bertz CT molecular complexity index is 554. The van der Waals surface area contributed by atoms with Gasteiger partial charge in [-0.05, 0) is 31.0 Å². The predicted molar refractivity (Wildman–Crippen MR) is 115 cm³/mol. The molecule has 7 heteroatoms. The van der Waals surface area contributed by atoms with E-state index in [0.717, 1.165) is 31.7 Å². The largest absolute Gasteiger partial charge is 0.361 e. The maximum Gasteiger partial charge on any atom is 0.225 e. The highest BCUT2D eigenvalue weighted by Gasteiger charge is 2.15. The summed E-state index contributed by atoms with van der Waals surface area (Å²) in [6.07, 6.45) is 4.67. The highest BCUT2D eigenvalue weighted by molar-refractivity contribution is 6.76. The molecule has 2 N–H and O–H groups in total. The van der Waals surface area contributed by atoms with E-state index in [9.17, 15) is 9.59 Å². The number of hydrogen-bond acceptors (Lipinski definition) is 3. The van der Waals surface area contributed by atoms with Crippen molar-refractivity contribution < 1.29 is 14.3 Å². The number of carbonyl (C=O) groups excluding carboxylic acids is 2. The van der Waals surface area contributed by atoms with Gasteiger partial charge in [0.2, 0.25) is 11.8 Å². The minimum Gasteiger partial charge on any atom is -0.361 e. The lowest BCUT2D eigenvalue weighted by atomic mass is 10.2. The molecule has 0 saturated carbocycles. The van der Waals surface area contributed by atoms with Gasteiger partial charge in [-0.25, -0.2) is 0 Å². The van der Waals surface area contributed by atoms with Crippen LogP contribution in [0, 0.1) is 0 Å². The van der Waals surface area contributed by atoms with Crippen molar-refractivity contribution in [3.05, 3.63) is 12.1 Å². The fourth-order valence-corrected chi connectivity index (χ4v) is 3.20. The molecule has 1 heterocycles. The Morgan fingerprint density at radius 1 is 0.963 bits per heavy atom. The Morgan fingerprint density at radius 3 is 1.85 bits per heavy atom. The van der Waals surface area contributed by atoms with Crippen LogP contribution in [0.4, 0.5) is 11.6 Å². The van der Waals surface area contributed by atoms with Crippen LogP contribution in [0.3, 0.4) is 0 Å². The third kappa shape index (κ3) is 9.77. The first kappa shape index (κ1) is 23.4. The number of rotatable bonds is 13. The van der Waals surface area contributed by atoms with Gasteiger partial charge in [0.1, 0.15) is 18.4 Å². The fraction of sp³-hybridized carbons (Fsp3) is 0.700. The topological polar surface area (TPSA) is 72.4 Å². The van der Waals surface area contributed by atoms with Gasteiger partial charge >= 0.3 is 0 Å². The molecule has 6 nitrogen and oxygen atoms in total. The summed E-state index contributed by atoms with van der Waals surface area (Å²) < 4.78 is 7.69. The number of amides is 2. The smallest absolute Gasteiger partial charge is 0.225 e. The molecule has 1 rings (SSSR count). The first-order valence-corrected chi connectivity index (χ1v) is 13.8. The van der Waals surface area contributed by atoms with Crippen LogP contribution in [0.5, 0.6) is 0 Å². The number of unbranched alkanes of at least 4 members (excludes halogenated alkanes) is 2. The zero-order chi connectivity index (χ0) is 20.3. The van der Waals surface area contributed by atoms with E-state index >= 15 is 0 Å². The van der Waals surface area contributed by atoms with Crippen molar-refractivity contribution in [2.75, 3.05) is 17.2 Å². The summed E-state index contributed by atoms with van der Waals surface area (Å²) in [5, 5.41) is 5.88. The van der Waals surface area contributed by atoms with Gasteiger partial charge in [-0.2, -0.15) is 0 Å². The van der Waals surface area contributed by atoms with Crippen molar-refractivity contribution in [3.8, 4) is 0 Å². The lowest BCUT2D eigenvalue weighted by Gasteiger charge is -2.18. The van der Waals surface area contributed by atoms with Crippen molar-refractivity contribution in [1.29, 1.82) is 0 Å². The summed E-state index contributed by atoms with van der Waals surface area (Å²) in [6, 6.07) is 4.72. The van der Waals surface area contributed by atoms with E-state index in [1.54, 1.807) is 0 Å². The normalized spacial score (nSPS) is 11.4. The Kier molecular flexibility index (Phi) is 10.4. The Morgan fingerprint density at radius 2 is 1.44 bits per heavy atom. The van der Waals surface area contributed by atoms with Gasteiger partial charge in [-0.3, -0.25) is 14.2 Å². The second-order valence-corrected chi connectivity index (χ2v) is 13.8. The number of anilines is 2. The molecule has 1 aromatic rings. The van der Waals surface area contributed by atoms with Gasteiger partial charge in [0.15, 0.2) is 0 Å². The van der Waals surface area contributed by atoms with Crippen LogP contribution >= 0.6 is 0 Å². The van der Waals surface area contributed by atoms with Crippen LogP contribution in [-0.2, 0) is 21.1 Å². The van der Waals surface area contributed by atoms with Crippen LogP contribution in [0.2, 0.25) is 25.7 Å². The Hall–Kier alpha value is -1.60. The molecule has 1 aromatic heterocycles. The number of ether oxygens (including phenoxy) is 1. The molecule has 0 unspecified atom stereocenters. The van der Waals surface area contributed by atoms with Crippen molar-refractivity contribution in [2.45, 2.75) is 84.8 Å². The highest BCUT2D eigenvalue weighted by Crippen LogP contribution is 2.21. The summed E-state index contributed by atoms with van der Waals surface area (Å²) in [5.74, 6) is 1.30. The maximum atomic E-state index is 12.1. The standard InChI is InChI=1S/C20H37N3O3Si/c1-6-8-10-19(24)21-17-12-13-18(22-20(25)11-9-7-2)23(17)16-26-14-15-27(3,4)5/h12-13H,6-11,14-16H2,1-5H3,(H,21,24)(H,22,25). The van der Waals surface area contributed by atoms with E-state index in [1.165, 1.54) is 0 Å². The molecule has 0 aliphatic rings. The van der Waals surface area contributed by atoms with Crippen LogP contribution < -0.4 is 10.6 Å². The SMILES string of the molecule is CCCCC(=O)Nc1ccc(NC(=O)CCCC)n1COCC[Si](C)(C)C. The number of nitrogens with zero attached hydrogens (tertiary/aromatic N) is 1. The quantitative estimate of drug-likeness (QED) is 0.362. The molecule has 0 aliphatic carbocycles. The molecule has 0 aromatic carbocycles. The lowest BCUT2D eigenvalue weighted by molar-refractivity contribution is -0.117. The molecule has 0 aliphatic heterocycles. The minimum absolute atomic E-state index is 0.0119. The Labute approximate surface area is 165 Å². The molecule has 0 bridgehead atoms. The van der Waals surface area contributed by atoms with Crippen LogP contribution in [0.15, 0.2) is 12.1 Å². The number of nitrogens with one attached hydrogen (secondary N) is 2. The van der Waals surface area contributed by atoms with E-state index in [0.29, 0.717) is 37.8 Å². The number of aromatic nitrogens is 1. The molecule has 2 amide bonds. The van der Waals surface area contributed by atoms with Crippen molar-refractivity contribution in [1.82, 2.24) is 4.57 Å². The fourth-order valence-electron chi connectivity index (χ4n) is 2.44. The molecule has 0 radical (unpaired) electrons. The van der Waals surface area contributed by atoms with E-state index < -0.39 is 8.07 Å². The minimum atomic E-state index is -1.16. The van der Waals surface area contributed by atoms with Crippen LogP contribution in [0.1, 0.15) is 52.4 Å². The van der Waals surface area contributed by atoms with Gasteiger partial charge in [0.25, 0.3) is 0 Å². The number of hydrogen-bond donors (Lipinski definition) is 2. The second kappa shape index (κ2) is 12.0. The average Bonchev–Trinajstić information content (AvgIpc) is 2.95.